The second-order valence-electron chi connectivity index (χ2n) is 5.32. The first-order valence-corrected chi connectivity index (χ1v) is 8.53. The molecule has 2 rings (SSSR count). The lowest BCUT2D eigenvalue weighted by Crippen LogP contribution is -2.29. The van der Waals surface area contributed by atoms with Gasteiger partial charge in [-0.1, -0.05) is 12.8 Å². The third-order valence-electron chi connectivity index (χ3n) is 4.02. The average Bonchev–Trinajstić information content (AvgIpc) is 2.95. The van der Waals surface area contributed by atoms with Crippen LogP contribution in [0.15, 0.2) is 18.2 Å². The van der Waals surface area contributed by atoms with E-state index in [9.17, 15) is 10.1 Å². The second-order valence-corrected chi connectivity index (χ2v) is 6.59. The maximum absolute atomic E-state index is 11.0. The lowest BCUT2D eigenvalue weighted by Gasteiger charge is -2.27. The second kappa shape index (κ2) is 7.02. The highest BCUT2D eigenvalue weighted by Gasteiger charge is 2.32. The number of nitro benzene ring substituents is 1. The van der Waals surface area contributed by atoms with Gasteiger partial charge in [-0.2, -0.15) is 11.8 Å². The summed E-state index contributed by atoms with van der Waals surface area (Å²) in [4.78, 5) is 10.6. The SMILES string of the molecule is CCOc1cc(NCC2(SC)CCCC2)ccc1[N+](=O)[O-]. The van der Waals surface area contributed by atoms with Crippen LogP contribution in [0.1, 0.15) is 32.6 Å². The zero-order valence-corrected chi connectivity index (χ0v) is 13.4. The van der Waals surface area contributed by atoms with Crippen molar-refractivity contribution in [2.24, 2.45) is 0 Å². The van der Waals surface area contributed by atoms with E-state index in [1.165, 1.54) is 31.7 Å². The molecule has 21 heavy (non-hydrogen) atoms. The van der Waals surface area contributed by atoms with Crippen molar-refractivity contribution in [1.29, 1.82) is 0 Å². The van der Waals surface area contributed by atoms with E-state index in [4.69, 9.17) is 4.74 Å². The summed E-state index contributed by atoms with van der Waals surface area (Å²) in [6, 6.07) is 4.99. The molecule has 1 aromatic rings. The van der Waals surface area contributed by atoms with Crippen molar-refractivity contribution >= 4 is 23.1 Å². The fraction of sp³-hybridized carbons (Fsp3) is 0.600. The highest BCUT2D eigenvalue weighted by Crippen LogP contribution is 2.40. The highest BCUT2D eigenvalue weighted by atomic mass is 32.2. The minimum atomic E-state index is -0.408. The summed E-state index contributed by atoms with van der Waals surface area (Å²) in [6.45, 7) is 3.13. The molecule has 0 radical (unpaired) electrons. The van der Waals surface area contributed by atoms with Gasteiger partial charge >= 0.3 is 5.69 Å². The molecule has 116 valence electrons. The molecule has 5 nitrogen and oxygen atoms in total. The molecule has 0 aliphatic heterocycles. The molecular weight excluding hydrogens is 288 g/mol. The topological polar surface area (TPSA) is 64.4 Å². The molecular formula is C15H22N2O3S. The molecule has 1 aliphatic carbocycles. The van der Waals surface area contributed by atoms with Crippen LogP contribution < -0.4 is 10.1 Å². The minimum absolute atomic E-state index is 0.0165. The van der Waals surface area contributed by atoms with Gasteiger partial charge < -0.3 is 10.1 Å². The van der Waals surface area contributed by atoms with Gasteiger partial charge in [0.25, 0.3) is 0 Å². The van der Waals surface area contributed by atoms with Gasteiger partial charge in [0.15, 0.2) is 5.75 Å². The summed E-state index contributed by atoms with van der Waals surface area (Å²) in [7, 11) is 0. The first kappa shape index (κ1) is 15.9. The number of hydrogen-bond donors (Lipinski definition) is 1. The molecule has 1 saturated carbocycles. The number of anilines is 1. The van der Waals surface area contributed by atoms with Gasteiger partial charge in [0.2, 0.25) is 0 Å². The first-order valence-electron chi connectivity index (χ1n) is 7.30. The van der Waals surface area contributed by atoms with Crippen LogP contribution in [0.5, 0.6) is 5.75 Å². The van der Waals surface area contributed by atoms with Crippen molar-refractivity contribution in [3.63, 3.8) is 0 Å². The molecule has 6 heteroatoms. The molecule has 1 fully saturated rings. The number of ether oxygens (including phenoxy) is 1. The summed E-state index contributed by atoms with van der Waals surface area (Å²) < 4.78 is 5.67. The monoisotopic (exact) mass is 310 g/mol. The molecule has 0 unspecified atom stereocenters. The summed E-state index contributed by atoms with van der Waals surface area (Å²) >= 11 is 1.92. The molecule has 0 atom stereocenters. The number of benzene rings is 1. The lowest BCUT2D eigenvalue weighted by atomic mass is 10.1. The molecule has 0 saturated heterocycles. The average molecular weight is 310 g/mol. The van der Waals surface area contributed by atoms with Crippen LogP contribution in [0.25, 0.3) is 0 Å². The Bertz CT molecular complexity index is 502. The van der Waals surface area contributed by atoms with Crippen molar-refractivity contribution in [1.82, 2.24) is 0 Å². The summed E-state index contributed by atoms with van der Waals surface area (Å²) in [5, 5.41) is 14.4. The van der Waals surface area contributed by atoms with Crippen molar-refractivity contribution in [2.75, 3.05) is 24.7 Å². The standard InChI is InChI=1S/C15H22N2O3S/c1-3-20-14-10-12(6-7-13(14)17(18)19)16-11-15(21-2)8-4-5-9-15/h6-7,10,16H,3-5,8-9,11H2,1-2H3. The summed E-state index contributed by atoms with van der Waals surface area (Å²) in [5.41, 5.74) is 0.896. The number of nitrogens with zero attached hydrogens (tertiary/aromatic N) is 1. The zero-order valence-electron chi connectivity index (χ0n) is 12.6. The number of thioether (sulfide) groups is 1. The van der Waals surface area contributed by atoms with Crippen molar-refractivity contribution in [3.8, 4) is 5.75 Å². The van der Waals surface area contributed by atoms with Crippen LogP contribution in [0.2, 0.25) is 0 Å². The molecule has 0 aromatic heterocycles. The van der Waals surface area contributed by atoms with Gasteiger partial charge in [-0.3, -0.25) is 10.1 Å². The Morgan fingerprint density at radius 2 is 2.14 bits per heavy atom. The number of rotatable bonds is 7. The fourth-order valence-electron chi connectivity index (χ4n) is 2.78. The molecule has 0 bridgehead atoms. The third kappa shape index (κ3) is 3.81. The molecule has 1 aliphatic rings. The van der Waals surface area contributed by atoms with Crippen molar-refractivity contribution < 1.29 is 9.66 Å². The van der Waals surface area contributed by atoms with Gasteiger partial charge in [-0.15, -0.1) is 0 Å². The summed E-state index contributed by atoms with van der Waals surface area (Å²) in [5.74, 6) is 0.331. The van der Waals surface area contributed by atoms with Crippen LogP contribution >= 0.6 is 11.8 Å². The zero-order chi connectivity index (χ0) is 15.3. The predicted molar refractivity (Wildman–Crippen MR) is 87.5 cm³/mol. The molecule has 0 amide bonds. The highest BCUT2D eigenvalue weighted by molar-refractivity contribution is 8.00. The Labute approximate surface area is 129 Å². The lowest BCUT2D eigenvalue weighted by molar-refractivity contribution is -0.385. The van der Waals surface area contributed by atoms with Crippen LogP contribution in [0.4, 0.5) is 11.4 Å². The molecule has 1 aromatic carbocycles. The molecule has 0 heterocycles. The van der Waals surface area contributed by atoms with E-state index in [-0.39, 0.29) is 5.69 Å². The largest absolute Gasteiger partial charge is 0.487 e. The molecule has 1 N–H and O–H groups in total. The smallest absolute Gasteiger partial charge is 0.311 e. The Morgan fingerprint density at radius 3 is 2.71 bits per heavy atom. The van der Waals surface area contributed by atoms with Crippen LogP contribution in [0, 0.1) is 10.1 Å². The van der Waals surface area contributed by atoms with E-state index < -0.39 is 4.92 Å². The Morgan fingerprint density at radius 1 is 1.43 bits per heavy atom. The van der Waals surface area contributed by atoms with Crippen LogP contribution in [0.3, 0.4) is 0 Å². The maximum Gasteiger partial charge on any atom is 0.311 e. The first-order chi connectivity index (χ1) is 10.1. The van der Waals surface area contributed by atoms with Crippen LogP contribution in [-0.4, -0.2) is 29.1 Å². The number of nitrogens with one attached hydrogen (secondary N) is 1. The Balaban J connectivity index is 2.09. The third-order valence-corrected chi connectivity index (χ3v) is 5.44. The van der Waals surface area contributed by atoms with E-state index in [0.717, 1.165) is 12.2 Å². The van der Waals surface area contributed by atoms with E-state index in [1.54, 1.807) is 12.1 Å². The maximum atomic E-state index is 11.0. The van der Waals surface area contributed by atoms with Crippen LogP contribution in [-0.2, 0) is 0 Å². The quantitative estimate of drug-likeness (QED) is 0.607. The normalized spacial score (nSPS) is 16.7. The van der Waals surface area contributed by atoms with E-state index >= 15 is 0 Å². The molecule has 0 spiro atoms. The van der Waals surface area contributed by atoms with Gasteiger partial charge in [0.05, 0.1) is 11.5 Å². The van der Waals surface area contributed by atoms with Crippen molar-refractivity contribution in [2.45, 2.75) is 37.4 Å². The van der Waals surface area contributed by atoms with Gasteiger partial charge in [0, 0.05) is 29.1 Å². The summed E-state index contributed by atoms with van der Waals surface area (Å²) in [6.07, 6.45) is 7.19. The van der Waals surface area contributed by atoms with Gasteiger partial charge in [-0.25, -0.2) is 0 Å². The van der Waals surface area contributed by atoms with E-state index in [0.29, 0.717) is 17.1 Å². The minimum Gasteiger partial charge on any atom is -0.487 e. The van der Waals surface area contributed by atoms with E-state index in [2.05, 4.69) is 11.6 Å². The van der Waals surface area contributed by atoms with E-state index in [1.807, 2.05) is 18.7 Å². The van der Waals surface area contributed by atoms with Gasteiger partial charge in [0.1, 0.15) is 0 Å². The predicted octanol–water partition coefficient (Wildman–Crippen LogP) is 4.08. The fourth-order valence-corrected chi connectivity index (χ4v) is 3.70. The number of hydrogen-bond acceptors (Lipinski definition) is 5. The number of nitro groups is 1. The Hall–Kier alpha value is -1.43. The Kier molecular flexibility index (Phi) is 5.33. The van der Waals surface area contributed by atoms with Gasteiger partial charge in [-0.05, 0) is 32.1 Å². The van der Waals surface area contributed by atoms with Crippen molar-refractivity contribution in [3.05, 3.63) is 28.3 Å².